The summed E-state index contributed by atoms with van der Waals surface area (Å²) in [6, 6.07) is 2.64. The molecular formula is C12H19N5. The van der Waals surface area contributed by atoms with E-state index < -0.39 is 0 Å². The maximum absolute atomic E-state index is 4.41. The lowest BCUT2D eigenvalue weighted by Gasteiger charge is -2.29. The molecule has 3 N–H and O–H groups in total. The number of aromatic nitrogens is 2. The molecule has 92 valence electrons. The molecule has 2 aliphatic heterocycles. The van der Waals surface area contributed by atoms with Crippen LogP contribution < -0.4 is 16.0 Å². The van der Waals surface area contributed by atoms with Crippen molar-refractivity contribution in [2.24, 2.45) is 17.8 Å². The monoisotopic (exact) mass is 233 g/mol. The van der Waals surface area contributed by atoms with Crippen molar-refractivity contribution in [3.05, 3.63) is 12.3 Å². The molecule has 4 rings (SSSR count). The maximum Gasteiger partial charge on any atom is 0.124 e. The van der Waals surface area contributed by atoms with Crippen molar-refractivity contribution in [1.82, 2.24) is 20.4 Å². The standard InChI is InChI=1S/C12H19N5/c1-2-16-17(8-3-13-4-8)12(1)15-7-11-9-5-14-6-10(9)11/h1-2,8-11,13-15H,3-7H2/t9-,10+,11?. The second kappa shape index (κ2) is 3.71. The predicted octanol–water partition coefficient (Wildman–Crippen LogP) is -0.0953. The molecule has 3 heterocycles. The third-order valence-electron chi connectivity index (χ3n) is 4.56. The number of nitrogens with zero attached hydrogens (tertiary/aromatic N) is 2. The van der Waals surface area contributed by atoms with Crippen LogP contribution in [0.1, 0.15) is 6.04 Å². The van der Waals surface area contributed by atoms with Gasteiger partial charge in [0.1, 0.15) is 5.82 Å². The van der Waals surface area contributed by atoms with Crippen LogP contribution in [0.25, 0.3) is 0 Å². The van der Waals surface area contributed by atoms with Crippen molar-refractivity contribution in [2.45, 2.75) is 6.04 Å². The molecule has 3 aliphatic rings. The van der Waals surface area contributed by atoms with Crippen LogP contribution in [0.5, 0.6) is 0 Å². The van der Waals surface area contributed by atoms with Gasteiger partial charge in [0.15, 0.2) is 0 Å². The molecular weight excluding hydrogens is 214 g/mol. The van der Waals surface area contributed by atoms with E-state index in [0.29, 0.717) is 6.04 Å². The molecule has 0 spiro atoms. The zero-order valence-electron chi connectivity index (χ0n) is 9.89. The number of nitrogens with one attached hydrogen (secondary N) is 3. The molecule has 1 aromatic rings. The van der Waals surface area contributed by atoms with Gasteiger partial charge in [-0.25, -0.2) is 4.68 Å². The second-order valence-corrected chi connectivity index (χ2v) is 5.50. The minimum absolute atomic E-state index is 0.549. The highest BCUT2D eigenvalue weighted by atomic mass is 15.4. The molecule has 0 radical (unpaired) electrons. The van der Waals surface area contributed by atoms with E-state index in [9.17, 15) is 0 Å². The van der Waals surface area contributed by atoms with E-state index in [1.807, 2.05) is 6.20 Å². The highest BCUT2D eigenvalue weighted by Crippen LogP contribution is 2.48. The van der Waals surface area contributed by atoms with E-state index in [4.69, 9.17) is 0 Å². The number of hydrogen-bond acceptors (Lipinski definition) is 4. The van der Waals surface area contributed by atoms with Gasteiger partial charge in [0.05, 0.1) is 12.2 Å². The van der Waals surface area contributed by atoms with Gasteiger partial charge in [-0.1, -0.05) is 0 Å². The van der Waals surface area contributed by atoms with Gasteiger partial charge in [-0.2, -0.15) is 5.10 Å². The van der Waals surface area contributed by atoms with Crippen LogP contribution in [0.4, 0.5) is 5.82 Å². The fourth-order valence-corrected chi connectivity index (χ4v) is 3.26. The number of anilines is 1. The summed E-state index contributed by atoms with van der Waals surface area (Å²) in [5.74, 6) is 3.95. The first-order valence-corrected chi connectivity index (χ1v) is 6.62. The largest absolute Gasteiger partial charge is 0.370 e. The average molecular weight is 233 g/mol. The number of piperidine rings is 1. The third-order valence-corrected chi connectivity index (χ3v) is 4.56. The van der Waals surface area contributed by atoms with Crippen molar-refractivity contribution in [3.63, 3.8) is 0 Å². The third kappa shape index (κ3) is 1.57. The molecule has 5 nitrogen and oxygen atoms in total. The highest BCUT2D eigenvalue weighted by molar-refractivity contribution is 5.35. The topological polar surface area (TPSA) is 53.9 Å². The van der Waals surface area contributed by atoms with Gasteiger partial charge in [0, 0.05) is 25.7 Å². The molecule has 5 heteroatoms. The molecule has 3 fully saturated rings. The van der Waals surface area contributed by atoms with E-state index in [0.717, 1.165) is 37.4 Å². The Bertz CT molecular complexity index is 401. The lowest BCUT2D eigenvalue weighted by atomic mass is 10.2. The molecule has 1 aliphatic carbocycles. The Labute approximate surface area is 101 Å². The Balaban J connectivity index is 1.37. The molecule has 1 aromatic heterocycles. The van der Waals surface area contributed by atoms with Crippen LogP contribution in [0.3, 0.4) is 0 Å². The Morgan fingerprint density at radius 1 is 1.24 bits per heavy atom. The van der Waals surface area contributed by atoms with Gasteiger partial charge in [0.25, 0.3) is 0 Å². The first kappa shape index (κ1) is 9.91. The molecule has 0 aromatic carbocycles. The predicted molar refractivity (Wildman–Crippen MR) is 66.0 cm³/mol. The SMILES string of the molecule is c1cc(NCC2[C@H]3CNC[C@@H]23)n(C2CNC2)n1. The summed E-state index contributed by atoms with van der Waals surface area (Å²) < 4.78 is 2.13. The van der Waals surface area contributed by atoms with E-state index >= 15 is 0 Å². The molecule has 1 unspecified atom stereocenters. The van der Waals surface area contributed by atoms with Crippen LogP contribution in [-0.4, -0.2) is 42.5 Å². The van der Waals surface area contributed by atoms with Crippen molar-refractivity contribution in [3.8, 4) is 0 Å². The fraction of sp³-hybridized carbons (Fsp3) is 0.750. The van der Waals surface area contributed by atoms with E-state index in [-0.39, 0.29) is 0 Å². The minimum atomic E-state index is 0.549. The van der Waals surface area contributed by atoms with Gasteiger partial charge >= 0.3 is 0 Å². The molecule has 1 saturated carbocycles. The van der Waals surface area contributed by atoms with Crippen molar-refractivity contribution >= 4 is 5.82 Å². The van der Waals surface area contributed by atoms with Crippen molar-refractivity contribution < 1.29 is 0 Å². The zero-order chi connectivity index (χ0) is 11.2. The smallest absolute Gasteiger partial charge is 0.124 e. The summed E-state index contributed by atoms with van der Waals surface area (Å²) in [7, 11) is 0. The second-order valence-electron chi connectivity index (χ2n) is 5.50. The Kier molecular flexibility index (Phi) is 2.16. The number of fused-ring (bicyclic) bond motifs is 1. The van der Waals surface area contributed by atoms with Crippen molar-refractivity contribution in [1.29, 1.82) is 0 Å². The summed E-state index contributed by atoms with van der Waals surface area (Å²) >= 11 is 0. The lowest BCUT2D eigenvalue weighted by molar-refractivity contribution is 0.321. The lowest BCUT2D eigenvalue weighted by Crippen LogP contribution is -2.44. The van der Waals surface area contributed by atoms with Crippen LogP contribution >= 0.6 is 0 Å². The first-order chi connectivity index (χ1) is 8.43. The normalized spacial score (nSPS) is 35.4. The average Bonchev–Trinajstić information content (AvgIpc) is 2.72. The Morgan fingerprint density at radius 2 is 2.00 bits per heavy atom. The molecule has 2 saturated heterocycles. The van der Waals surface area contributed by atoms with Crippen molar-refractivity contribution in [2.75, 3.05) is 38.0 Å². The minimum Gasteiger partial charge on any atom is -0.370 e. The summed E-state index contributed by atoms with van der Waals surface area (Å²) in [4.78, 5) is 0. The summed E-state index contributed by atoms with van der Waals surface area (Å²) in [5.41, 5.74) is 0. The van der Waals surface area contributed by atoms with Gasteiger partial charge in [-0.05, 0) is 30.8 Å². The van der Waals surface area contributed by atoms with Crippen LogP contribution in [0, 0.1) is 17.8 Å². The quantitative estimate of drug-likeness (QED) is 0.680. The summed E-state index contributed by atoms with van der Waals surface area (Å²) in [6.45, 7) is 5.67. The Hall–Kier alpha value is -1.07. The first-order valence-electron chi connectivity index (χ1n) is 6.62. The van der Waals surface area contributed by atoms with Gasteiger partial charge in [-0.15, -0.1) is 0 Å². The van der Waals surface area contributed by atoms with E-state index in [1.165, 1.54) is 18.9 Å². The highest BCUT2D eigenvalue weighted by Gasteiger charge is 2.52. The van der Waals surface area contributed by atoms with Crippen LogP contribution in [0.2, 0.25) is 0 Å². The number of rotatable bonds is 4. The molecule has 17 heavy (non-hydrogen) atoms. The van der Waals surface area contributed by atoms with Gasteiger partial charge in [-0.3, -0.25) is 0 Å². The maximum atomic E-state index is 4.41. The van der Waals surface area contributed by atoms with Gasteiger partial charge in [0.2, 0.25) is 0 Å². The van der Waals surface area contributed by atoms with E-state index in [1.54, 1.807) is 0 Å². The fourth-order valence-electron chi connectivity index (χ4n) is 3.26. The number of hydrogen-bond donors (Lipinski definition) is 3. The van der Waals surface area contributed by atoms with Crippen LogP contribution in [-0.2, 0) is 0 Å². The summed E-state index contributed by atoms with van der Waals surface area (Å²) in [5, 5.41) is 14.7. The molecule has 0 amide bonds. The molecule has 0 bridgehead atoms. The molecule has 3 atom stereocenters. The Morgan fingerprint density at radius 3 is 2.71 bits per heavy atom. The van der Waals surface area contributed by atoms with E-state index in [2.05, 4.69) is 31.8 Å². The van der Waals surface area contributed by atoms with Gasteiger partial charge < -0.3 is 16.0 Å². The zero-order valence-corrected chi connectivity index (χ0v) is 9.89. The summed E-state index contributed by atoms with van der Waals surface area (Å²) in [6.07, 6.45) is 1.90. The van der Waals surface area contributed by atoms with Crippen LogP contribution in [0.15, 0.2) is 12.3 Å².